The molecule has 1 saturated heterocycles. The van der Waals surface area contributed by atoms with Crippen LogP contribution in [-0.2, 0) is 4.79 Å². The van der Waals surface area contributed by atoms with Crippen molar-refractivity contribution in [3.8, 4) is 0 Å². The Labute approximate surface area is 135 Å². The van der Waals surface area contributed by atoms with E-state index in [-0.39, 0.29) is 17.9 Å². The summed E-state index contributed by atoms with van der Waals surface area (Å²) >= 11 is 1.87. The van der Waals surface area contributed by atoms with Crippen LogP contribution in [-0.4, -0.2) is 58.5 Å². The number of nitrogen functional groups attached to an aromatic ring is 1. The van der Waals surface area contributed by atoms with Gasteiger partial charge in [-0.1, -0.05) is 0 Å². The summed E-state index contributed by atoms with van der Waals surface area (Å²) in [6, 6.07) is 0.269. The van der Waals surface area contributed by atoms with Crippen LogP contribution in [0.1, 0.15) is 18.4 Å². The lowest BCUT2D eigenvalue weighted by Crippen LogP contribution is -2.44. The molecule has 2 heterocycles. The predicted molar refractivity (Wildman–Crippen MR) is 91.5 cm³/mol. The Hall–Kier alpha value is -1.60. The number of nitrogens with zero attached hydrogens (tertiary/aromatic N) is 3. The zero-order chi connectivity index (χ0) is 15.8. The van der Waals surface area contributed by atoms with Gasteiger partial charge >= 0.3 is 0 Å². The number of anilines is 1. The second-order valence-corrected chi connectivity index (χ2v) is 6.31. The summed E-state index contributed by atoms with van der Waals surface area (Å²) in [5.41, 5.74) is 6.18. The van der Waals surface area contributed by atoms with Crippen molar-refractivity contribution in [3.05, 3.63) is 24.0 Å². The monoisotopic (exact) mass is 321 g/mol. The van der Waals surface area contributed by atoms with Gasteiger partial charge < -0.3 is 16.0 Å². The summed E-state index contributed by atoms with van der Waals surface area (Å²) in [6.07, 6.45) is 10.6. The van der Waals surface area contributed by atoms with Gasteiger partial charge in [-0.2, -0.15) is 11.8 Å². The zero-order valence-electron chi connectivity index (χ0n) is 12.9. The Morgan fingerprint density at radius 1 is 1.45 bits per heavy atom. The summed E-state index contributed by atoms with van der Waals surface area (Å²) in [4.78, 5) is 22.1. The van der Waals surface area contributed by atoms with E-state index < -0.39 is 0 Å². The molecule has 0 aromatic carbocycles. The Kier molecular flexibility index (Phi) is 6.67. The molecule has 0 spiro atoms. The van der Waals surface area contributed by atoms with Crippen LogP contribution in [0.15, 0.2) is 18.5 Å². The fourth-order valence-corrected chi connectivity index (χ4v) is 2.82. The smallest absolute Gasteiger partial charge is 0.244 e. The summed E-state index contributed by atoms with van der Waals surface area (Å²) in [7, 11) is 0. The van der Waals surface area contributed by atoms with E-state index in [9.17, 15) is 4.79 Å². The first-order valence-electron chi connectivity index (χ1n) is 7.45. The third-order valence-corrected chi connectivity index (χ3v) is 4.26. The molecule has 120 valence electrons. The Morgan fingerprint density at radius 2 is 2.14 bits per heavy atom. The number of hydrogen-bond acceptors (Lipinski definition) is 6. The summed E-state index contributed by atoms with van der Waals surface area (Å²) in [5.74, 6) is 1.33. The van der Waals surface area contributed by atoms with E-state index in [1.54, 1.807) is 18.5 Å². The number of nitrogens with two attached hydrogens (primary N) is 1. The number of amides is 1. The van der Waals surface area contributed by atoms with E-state index in [4.69, 9.17) is 5.73 Å². The van der Waals surface area contributed by atoms with Crippen LogP contribution in [0.25, 0.3) is 6.08 Å². The number of carbonyl (C=O) groups is 1. The quantitative estimate of drug-likeness (QED) is 0.761. The molecule has 22 heavy (non-hydrogen) atoms. The Bertz CT molecular complexity index is 497. The number of likely N-dealkylation sites (tertiary alicyclic amines) is 1. The van der Waals surface area contributed by atoms with Gasteiger partial charge in [0, 0.05) is 55.5 Å². The first kappa shape index (κ1) is 16.8. The molecule has 7 heteroatoms. The highest BCUT2D eigenvalue weighted by atomic mass is 32.2. The van der Waals surface area contributed by atoms with Crippen molar-refractivity contribution in [2.75, 3.05) is 37.4 Å². The van der Waals surface area contributed by atoms with Gasteiger partial charge in [-0.05, 0) is 25.2 Å². The highest BCUT2D eigenvalue weighted by Crippen LogP contribution is 2.11. The number of hydrogen-bond donors (Lipinski definition) is 2. The molecular formula is C15H23N5OS. The minimum absolute atomic E-state index is 0.0700. The molecule has 0 unspecified atom stereocenters. The number of carbonyl (C=O) groups excluding carboxylic acids is 1. The molecule has 0 radical (unpaired) electrons. The Balaban J connectivity index is 1.72. The Morgan fingerprint density at radius 3 is 2.77 bits per heavy atom. The van der Waals surface area contributed by atoms with Gasteiger partial charge in [0.1, 0.15) is 0 Å². The number of piperidine rings is 1. The maximum absolute atomic E-state index is 11.9. The third kappa shape index (κ3) is 5.65. The highest BCUT2D eigenvalue weighted by Gasteiger charge is 2.19. The molecule has 1 aromatic rings. The lowest BCUT2D eigenvalue weighted by atomic mass is 10.1. The van der Waals surface area contributed by atoms with Crippen molar-refractivity contribution < 1.29 is 4.79 Å². The maximum atomic E-state index is 11.9. The molecule has 0 saturated carbocycles. The number of rotatable bonds is 6. The van der Waals surface area contributed by atoms with Gasteiger partial charge in [0.05, 0.1) is 0 Å². The zero-order valence-corrected chi connectivity index (χ0v) is 13.7. The number of aromatic nitrogens is 2. The first-order valence-corrected chi connectivity index (χ1v) is 8.84. The second kappa shape index (κ2) is 8.75. The minimum Gasteiger partial charge on any atom is -0.368 e. The molecule has 1 amide bonds. The number of thioether (sulfide) groups is 1. The van der Waals surface area contributed by atoms with Crippen LogP contribution in [0.5, 0.6) is 0 Å². The van der Waals surface area contributed by atoms with Gasteiger partial charge in [-0.3, -0.25) is 4.79 Å². The standard InChI is InChI=1S/C15H23N5OS/c1-22-9-8-20-6-4-13(5-7-20)19-14(21)3-2-12-10-17-15(16)18-11-12/h2-3,10-11,13H,4-9H2,1H3,(H,19,21)(H2,16,17,18)/b3-2+. The van der Waals surface area contributed by atoms with Crippen LogP contribution >= 0.6 is 11.8 Å². The van der Waals surface area contributed by atoms with Crippen LogP contribution in [0.2, 0.25) is 0 Å². The van der Waals surface area contributed by atoms with Gasteiger partial charge in [-0.15, -0.1) is 0 Å². The summed E-state index contributed by atoms with van der Waals surface area (Å²) in [6.45, 7) is 3.25. The van der Waals surface area contributed by atoms with Gasteiger partial charge in [0.2, 0.25) is 11.9 Å². The SMILES string of the molecule is CSCCN1CCC(NC(=O)/C=C/c2cnc(N)nc2)CC1. The highest BCUT2D eigenvalue weighted by molar-refractivity contribution is 7.98. The van der Waals surface area contributed by atoms with Gasteiger partial charge in [0.15, 0.2) is 0 Å². The van der Waals surface area contributed by atoms with Crippen LogP contribution < -0.4 is 11.1 Å². The van der Waals surface area contributed by atoms with Crippen molar-refractivity contribution in [3.63, 3.8) is 0 Å². The van der Waals surface area contributed by atoms with E-state index >= 15 is 0 Å². The summed E-state index contributed by atoms with van der Waals surface area (Å²) in [5, 5.41) is 3.05. The molecule has 1 aliphatic rings. The molecule has 0 atom stereocenters. The van der Waals surface area contributed by atoms with Crippen molar-refractivity contribution in [2.45, 2.75) is 18.9 Å². The molecular weight excluding hydrogens is 298 g/mol. The van der Waals surface area contributed by atoms with E-state index in [0.29, 0.717) is 0 Å². The van der Waals surface area contributed by atoms with E-state index in [1.165, 1.54) is 11.8 Å². The largest absolute Gasteiger partial charge is 0.368 e. The normalized spacial score (nSPS) is 17.0. The second-order valence-electron chi connectivity index (χ2n) is 5.33. The summed E-state index contributed by atoms with van der Waals surface area (Å²) < 4.78 is 0. The predicted octanol–water partition coefficient (Wildman–Crippen LogP) is 1.02. The van der Waals surface area contributed by atoms with E-state index in [0.717, 1.165) is 38.0 Å². The lowest BCUT2D eigenvalue weighted by molar-refractivity contribution is -0.117. The fourth-order valence-electron chi connectivity index (χ4n) is 2.38. The molecule has 0 aliphatic carbocycles. The van der Waals surface area contributed by atoms with Crippen LogP contribution in [0, 0.1) is 0 Å². The lowest BCUT2D eigenvalue weighted by Gasteiger charge is -2.31. The van der Waals surface area contributed by atoms with Crippen molar-refractivity contribution in [2.24, 2.45) is 0 Å². The van der Waals surface area contributed by atoms with Gasteiger partial charge in [0.25, 0.3) is 0 Å². The molecule has 1 aliphatic heterocycles. The van der Waals surface area contributed by atoms with Crippen LogP contribution in [0.4, 0.5) is 5.95 Å². The fraction of sp³-hybridized carbons (Fsp3) is 0.533. The average Bonchev–Trinajstić information content (AvgIpc) is 2.54. The molecule has 1 fully saturated rings. The average molecular weight is 321 g/mol. The van der Waals surface area contributed by atoms with Gasteiger partial charge in [-0.25, -0.2) is 9.97 Å². The molecule has 1 aromatic heterocycles. The van der Waals surface area contributed by atoms with E-state index in [1.807, 2.05) is 11.8 Å². The topological polar surface area (TPSA) is 84.1 Å². The molecule has 0 bridgehead atoms. The molecule has 2 rings (SSSR count). The minimum atomic E-state index is -0.0700. The van der Waals surface area contributed by atoms with E-state index in [2.05, 4.69) is 26.4 Å². The third-order valence-electron chi connectivity index (χ3n) is 3.66. The van der Waals surface area contributed by atoms with Crippen molar-refractivity contribution >= 4 is 29.7 Å². The molecule has 6 nitrogen and oxygen atoms in total. The first-order chi connectivity index (χ1) is 10.7. The van der Waals surface area contributed by atoms with Crippen molar-refractivity contribution in [1.29, 1.82) is 0 Å². The molecule has 3 N–H and O–H groups in total. The van der Waals surface area contributed by atoms with Crippen molar-refractivity contribution in [1.82, 2.24) is 20.2 Å². The number of nitrogens with one attached hydrogen (secondary N) is 1. The maximum Gasteiger partial charge on any atom is 0.244 e. The van der Waals surface area contributed by atoms with Crippen LogP contribution in [0.3, 0.4) is 0 Å².